The summed E-state index contributed by atoms with van der Waals surface area (Å²) in [6, 6.07) is 0. The maximum absolute atomic E-state index is 10.1. The quantitative estimate of drug-likeness (QED) is 0.357. The summed E-state index contributed by atoms with van der Waals surface area (Å²) in [7, 11) is 0. The summed E-state index contributed by atoms with van der Waals surface area (Å²) < 4.78 is 0. The maximum atomic E-state index is 10.1. The first-order valence-electron chi connectivity index (χ1n) is 7.07. The summed E-state index contributed by atoms with van der Waals surface area (Å²) in [6.07, 6.45) is 4.53. The lowest BCUT2D eigenvalue weighted by Crippen LogP contribution is -2.29. The topological polar surface area (TPSA) is 135 Å². The van der Waals surface area contributed by atoms with Crippen LogP contribution in [0.25, 0.3) is 0 Å². The Labute approximate surface area is 125 Å². The molecule has 7 heteroatoms. The van der Waals surface area contributed by atoms with Gasteiger partial charge in [-0.15, -0.1) is 0 Å². The molecule has 0 unspecified atom stereocenters. The van der Waals surface area contributed by atoms with Crippen LogP contribution in [0.5, 0.6) is 0 Å². The van der Waals surface area contributed by atoms with Crippen LogP contribution in [0, 0.1) is 5.41 Å². The summed E-state index contributed by atoms with van der Waals surface area (Å²) in [4.78, 5) is 20.2. The molecule has 0 atom stereocenters. The summed E-state index contributed by atoms with van der Waals surface area (Å²) in [5.74, 6) is -1.52. The Morgan fingerprint density at radius 1 is 0.714 bits per heavy atom. The van der Waals surface area contributed by atoms with Gasteiger partial charge in [0, 0.05) is 18.3 Å². The molecule has 0 rings (SSSR count). The highest BCUT2D eigenvalue weighted by Gasteiger charge is 2.20. The zero-order valence-electron chi connectivity index (χ0n) is 12.6. The largest absolute Gasteiger partial charge is 0.481 e. The monoisotopic (exact) mass is 308 g/mol. The molecule has 0 aliphatic rings. The van der Waals surface area contributed by atoms with Gasteiger partial charge in [0.15, 0.2) is 0 Å². The van der Waals surface area contributed by atoms with Crippen molar-refractivity contribution >= 4 is 11.9 Å². The third kappa shape index (κ3) is 16.8. The van der Waals surface area contributed by atoms with Crippen LogP contribution in [-0.4, -0.2) is 57.3 Å². The van der Waals surface area contributed by atoms with E-state index in [2.05, 4.69) is 0 Å². The van der Waals surface area contributed by atoms with E-state index in [0.29, 0.717) is 12.8 Å². The first-order chi connectivity index (χ1) is 9.81. The van der Waals surface area contributed by atoms with Crippen molar-refractivity contribution < 1.29 is 35.1 Å². The Balaban J connectivity index is 0. The van der Waals surface area contributed by atoms with Crippen LogP contribution in [0.4, 0.5) is 0 Å². The van der Waals surface area contributed by atoms with Crippen molar-refractivity contribution in [1.82, 2.24) is 0 Å². The number of carboxylic acids is 2. The van der Waals surface area contributed by atoms with Crippen molar-refractivity contribution in [2.24, 2.45) is 5.41 Å². The van der Waals surface area contributed by atoms with E-state index in [9.17, 15) is 9.59 Å². The first kappa shape index (κ1) is 22.1. The molecule has 5 N–H and O–H groups in total. The predicted molar refractivity (Wildman–Crippen MR) is 77.0 cm³/mol. The van der Waals surface area contributed by atoms with Gasteiger partial charge in [-0.3, -0.25) is 9.59 Å². The number of hydrogen-bond acceptors (Lipinski definition) is 5. The van der Waals surface area contributed by atoms with Crippen LogP contribution < -0.4 is 0 Å². The fourth-order valence-electron chi connectivity index (χ4n) is 1.23. The fraction of sp³-hybridized carbons (Fsp3) is 0.857. The summed E-state index contributed by atoms with van der Waals surface area (Å²) in [5.41, 5.74) is -0.708. The predicted octanol–water partition coefficient (Wildman–Crippen LogP) is 0.856. The van der Waals surface area contributed by atoms with E-state index in [1.54, 1.807) is 6.92 Å². The van der Waals surface area contributed by atoms with Crippen molar-refractivity contribution in [1.29, 1.82) is 0 Å². The number of carboxylic acid groups (broad SMARTS) is 2. The molecule has 0 heterocycles. The van der Waals surface area contributed by atoms with Crippen LogP contribution in [0.15, 0.2) is 0 Å². The maximum Gasteiger partial charge on any atom is 0.303 e. The molecule has 0 aliphatic heterocycles. The second-order valence-electron chi connectivity index (χ2n) is 5.34. The number of hydrogen-bond donors (Lipinski definition) is 5. The van der Waals surface area contributed by atoms with E-state index in [0.717, 1.165) is 19.3 Å². The van der Waals surface area contributed by atoms with Gasteiger partial charge in [-0.2, -0.15) is 0 Å². The second-order valence-corrected chi connectivity index (χ2v) is 5.34. The van der Waals surface area contributed by atoms with Gasteiger partial charge in [0.05, 0.1) is 19.8 Å². The molecule has 0 aliphatic carbocycles. The molecule has 0 aromatic carbocycles. The molecule has 126 valence electrons. The highest BCUT2D eigenvalue weighted by atomic mass is 16.4. The number of unbranched alkanes of at least 4 members (excludes halogenated alkanes) is 4. The molecule has 0 amide bonds. The number of aliphatic carboxylic acids is 2. The third-order valence-electron chi connectivity index (χ3n) is 2.93. The molecule has 0 fully saturated rings. The highest BCUT2D eigenvalue weighted by molar-refractivity contribution is 5.66. The Morgan fingerprint density at radius 3 is 1.19 bits per heavy atom. The standard InChI is InChI=1S/C9H16O4.C5H12O3/c10-8(11)6-4-2-1-3-5-7-9(12)13;1-5(2-6,3-7)4-8/h1-7H2,(H,10,11)(H,12,13);6-8H,2-4H2,1H3. The highest BCUT2D eigenvalue weighted by Crippen LogP contribution is 2.11. The van der Waals surface area contributed by atoms with Gasteiger partial charge >= 0.3 is 11.9 Å². The number of aliphatic hydroxyl groups is 3. The van der Waals surface area contributed by atoms with Gasteiger partial charge in [0.2, 0.25) is 0 Å². The number of rotatable bonds is 11. The van der Waals surface area contributed by atoms with Crippen LogP contribution in [-0.2, 0) is 9.59 Å². The van der Waals surface area contributed by atoms with Crippen molar-refractivity contribution in [2.45, 2.75) is 51.9 Å². The van der Waals surface area contributed by atoms with E-state index in [1.165, 1.54) is 0 Å². The molecule has 7 nitrogen and oxygen atoms in total. The minimum absolute atomic E-state index is 0.181. The van der Waals surface area contributed by atoms with Crippen LogP contribution in [0.3, 0.4) is 0 Å². The Kier molecular flexibility index (Phi) is 14.5. The second kappa shape index (κ2) is 13.8. The average Bonchev–Trinajstić information content (AvgIpc) is 2.45. The summed E-state index contributed by atoms with van der Waals surface area (Å²) in [6.45, 7) is 1.06. The van der Waals surface area contributed by atoms with E-state index >= 15 is 0 Å². The van der Waals surface area contributed by atoms with E-state index in [4.69, 9.17) is 25.5 Å². The summed E-state index contributed by atoms with van der Waals surface area (Å²) in [5, 5.41) is 42.0. The van der Waals surface area contributed by atoms with Gasteiger partial charge in [-0.1, -0.05) is 26.2 Å². The van der Waals surface area contributed by atoms with Gasteiger partial charge in [-0.25, -0.2) is 0 Å². The van der Waals surface area contributed by atoms with Crippen molar-refractivity contribution in [3.63, 3.8) is 0 Å². The van der Waals surface area contributed by atoms with Crippen LogP contribution in [0.1, 0.15) is 51.9 Å². The van der Waals surface area contributed by atoms with E-state index in [-0.39, 0.29) is 32.7 Å². The SMILES string of the molecule is CC(CO)(CO)CO.O=C(O)CCCCCCCC(=O)O. The van der Waals surface area contributed by atoms with Crippen molar-refractivity contribution in [2.75, 3.05) is 19.8 Å². The van der Waals surface area contributed by atoms with E-state index < -0.39 is 17.4 Å². The molecule has 0 radical (unpaired) electrons. The molecular formula is C14H28O7. The van der Waals surface area contributed by atoms with Gasteiger partial charge < -0.3 is 25.5 Å². The van der Waals surface area contributed by atoms with Gasteiger partial charge in [0.25, 0.3) is 0 Å². The Morgan fingerprint density at radius 2 is 1.00 bits per heavy atom. The normalized spacial score (nSPS) is 10.7. The third-order valence-corrected chi connectivity index (χ3v) is 2.93. The molecule has 0 saturated carbocycles. The lowest BCUT2D eigenvalue weighted by molar-refractivity contribution is -0.138. The molecule has 0 bridgehead atoms. The fourth-order valence-corrected chi connectivity index (χ4v) is 1.23. The zero-order valence-corrected chi connectivity index (χ0v) is 12.6. The molecule has 0 aromatic heterocycles. The molecule has 0 spiro atoms. The first-order valence-corrected chi connectivity index (χ1v) is 7.07. The number of carbonyl (C=O) groups is 2. The lowest BCUT2D eigenvalue weighted by atomic mass is 9.95. The molecule has 21 heavy (non-hydrogen) atoms. The lowest BCUT2D eigenvalue weighted by Gasteiger charge is -2.20. The summed E-state index contributed by atoms with van der Waals surface area (Å²) >= 11 is 0. The minimum Gasteiger partial charge on any atom is -0.481 e. The Bertz CT molecular complexity index is 248. The van der Waals surface area contributed by atoms with Crippen molar-refractivity contribution in [3.8, 4) is 0 Å². The minimum atomic E-state index is -0.759. The van der Waals surface area contributed by atoms with E-state index in [1.807, 2.05) is 0 Å². The van der Waals surface area contributed by atoms with Crippen molar-refractivity contribution in [3.05, 3.63) is 0 Å². The zero-order chi connectivity index (χ0) is 16.7. The molecular weight excluding hydrogens is 280 g/mol. The van der Waals surface area contributed by atoms with Crippen LogP contribution >= 0.6 is 0 Å². The number of aliphatic hydroxyl groups excluding tert-OH is 3. The smallest absolute Gasteiger partial charge is 0.303 e. The Hall–Kier alpha value is -1.18. The molecule has 0 saturated heterocycles. The molecule has 0 aromatic rings. The average molecular weight is 308 g/mol. The van der Waals surface area contributed by atoms with Crippen LogP contribution in [0.2, 0.25) is 0 Å². The van der Waals surface area contributed by atoms with Gasteiger partial charge in [0.1, 0.15) is 0 Å². The van der Waals surface area contributed by atoms with Gasteiger partial charge in [-0.05, 0) is 12.8 Å².